The van der Waals surface area contributed by atoms with Crippen LogP contribution >= 0.6 is 22.6 Å². The van der Waals surface area contributed by atoms with Crippen LogP contribution in [0.15, 0.2) is 43.0 Å². The number of nitrogens with one attached hydrogen (secondary N) is 1. The van der Waals surface area contributed by atoms with Crippen molar-refractivity contribution in [2.75, 3.05) is 5.32 Å². The number of hydrogen-bond donors (Lipinski definition) is 1. The lowest BCUT2D eigenvalue weighted by Crippen LogP contribution is -2.14. The van der Waals surface area contributed by atoms with Crippen LogP contribution < -0.4 is 5.32 Å². The molecule has 1 heterocycles. The maximum absolute atomic E-state index is 11.7. The quantitative estimate of drug-likeness (QED) is 0.869. The van der Waals surface area contributed by atoms with E-state index in [1.54, 1.807) is 12.5 Å². The van der Waals surface area contributed by atoms with Crippen molar-refractivity contribution in [1.29, 1.82) is 0 Å². The molecule has 1 aromatic heterocycles. The SMILES string of the molecule is O=C(CCn1ccnc1)Nc1cccc(I)c1. The largest absolute Gasteiger partial charge is 0.337 e. The highest BCUT2D eigenvalue weighted by Crippen LogP contribution is 2.12. The summed E-state index contributed by atoms with van der Waals surface area (Å²) in [5.74, 6) is 0.0145. The third kappa shape index (κ3) is 3.85. The molecule has 0 saturated heterocycles. The van der Waals surface area contributed by atoms with Crippen LogP contribution in [0.3, 0.4) is 0 Å². The fraction of sp³-hybridized carbons (Fsp3) is 0.167. The number of carbonyl (C=O) groups excluding carboxylic acids is 1. The van der Waals surface area contributed by atoms with Crippen LogP contribution in [0.2, 0.25) is 0 Å². The van der Waals surface area contributed by atoms with E-state index in [0.29, 0.717) is 13.0 Å². The molecule has 0 radical (unpaired) electrons. The van der Waals surface area contributed by atoms with Crippen LogP contribution in [-0.4, -0.2) is 15.5 Å². The molecule has 5 heteroatoms. The lowest BCUT2D eigenvalue weighted by Gasteiger charge is -2.05. The van der Waals surface area contributed by atoms with Crippen LogP contribution in [0.4, 0.5) is 5.69 Å². The number of aromatic nitrogens is 2. The highest BCUT2D eigenvalue weighted by atomic mass is 127. The number of rotatable bonds is 4. The number of nitrogens with zero attached hydrogens (tertiary/aromatic N) is 2. The average Bonchev–Trinajstić information content (AvgIpc) is 2.79. The predicted molar refractivity (Wildman–Crippen MR) is 74.6 cm³/mol. The minimum atomic E-state index is 0.0145. The molecular weight excluding hydrogens is 329 g/mol. The Kier molecular flexibility index (Phi) is 4.13. The molecule has 1 N–H and O–H groups in total. The zero-order chi connectivity index (χ0) is 12.1. The first-order valence-electron chi connectivity index (χ1n) is 5.25. The molecule has 0 unspecified atom stereocenters. The molecule has 0 fully saturated rings. The molecule has 1 amide bonds. The Morgan fingerprint density at radius 2 is 2.35 bits per heavy atom. The van der Waals surface area contributed by atoms with Crippen molar-refractivity contribution < 1.29 is 4.79 Å². The molecule has 0 spiro atoms. The van der Waals surface area contributed by atoms with Gasteiger partial charge in [-0.25, -0.2) is 4.98 Å². The fourth-order valence-electron chi connectivity index (χ4n) is 1.44. The van der Waals surface area contributed by atoms with Crippen molar-refractivity contribution in [1.82, 2.24) is 9.55 Å². The van der Waals surface area contributed by atoms with Gasteiger partial charge in [0.2, 0.25) is 5.91 Å². The van der Waals surface area contributed by atoms with Crippen LogP contribution in [-0.2, 0) is 11.3 Å². The molecule has 2 aromatic rings. The Bertz CT molecular complexity index is 496. The summed E-state index contributed by atoms with van der Waals surface area (Å²) < 4.78 is 2.99. The molecule has 0 aliphatic heterocycles. The highest BCUT2D eigenvalue weighted by molar-refractivity contribution is 14.1. The monoisotopic (exact) mass is 341 g/mol. The predicted octanol–water partition coefficient (Wildman–Crippen LogP) is 2.52. The van der Waals surface area contributed by atoms with E-state index in [1.807, 2.05) is 35.0 Å². The van der Waals surface area contributed by atoms with Gasteiger partial charge >= 0.3 is 0 Å². The normalized spacial score (nSPS) is 10.2. The number of aryl methyl sites for hydroxylation is 1. The second kappa shape index (κ2) is 5.81. The van der Waals surface area contributed by atoms with E-state index in [9.17, 15) is 4.79 Å². The molecule has 88 valence electrons. The van der Waals surface area contributed by atoms with Crippen molar-refractivity contribution in [2.24, 2.45) is 0 Å². The Hall–Kier alpha value is -1.37. The van der Waals surface area contributed by atoms with Crippen LogP contribution in [0.5, 0.6) is 0 Å². The summed E-state index contributed by atoms with van der Waals surface area (Å²) in [5, 5.41) is 2.87. The van der Waals surface area contributed by atoms with E-state index in [4.69, 9.17) is 0 Å². The van der Waals surface area contributed by atoms with E-state index in [-0.39, 0.29) is 5.91 Å². The van der Waals surface area contributed by atoms with E-state index in [1.165, 1.54) is 0 Å². The molecule has 1 aromatic carbocycles. The number of halogens is 1. The summed E-state index contributed by atoms with van der Waals surface area (Å²) in [4.78, 5) is 15.6. The molecule has 0 aliphatic carbocycles. The van der Waals surface area contributed by atoms with Gasteiger partial charge in [-0.1, -0.05) is 6.07 Å². The molecule has 17 heavy (non-hydrogen) atoms. The Labute approximate surface area is 113 Å². The van der Waals surface area contributed by atoms with Gasteiger partial charge in [-0.05, 0) is 40.8 Å². The van der Waals surface area contributed by atoms with Gasteiger partial charge in [-0.3, -0.25) is 4.79 Å². The van der Waals surface area contributed by atoms with Gasteiger partial charge in [0.1, 0.15) is 0 Å². The van der Waals surface area contributed by atoms with Crippen molar-refractivity contribution in [2.45, 2.75) is 13.0 Å². The molecule has 4 nitrogen and oxygen atoms in total. The van der Waals surface area contributed by atoms with Crippen molar-refractivity contribution in [3.8, 4) is 0 Å². The maximum Gasteiger partial charge on any atom is 0.226 e. The van der Waals surface area contributed by atoms with E-state index >= 15 is 0 Å². The minimum absolute atomic E-state index is 0.0145. The Balaban J connectivity index is 1.85. The second-order valence-corrected chi connectivity index (χ2v) is 4.85. The zero-order valence-electron chi connectivity index (χ0n) is 9.14. The fourth-order valence-corrected chi connectivity index (χ4v) is 1.98. The summed E-state index contributed by atoms with van der Waals surface area (Å²) in [6, 6.07) is 7.74. The van der Waals surface area contributed by atoms with Gasteiger partial charge in [-0.2, -0.15) is 0 Å². The topological polar surface area (TPSA) is 46.9 Å². The first-order valence-corrected chi connectivity index (χ1v) is 6.33. The Morgan fingerprint density at radius 1 is 1.47 bits per heavy atom. The summed E-state index contributed by atoms with van der Waals surface area (Å²) in [6.45, 7) is 0.649. The summed E-state index contributed by atoms with van der Waals surface area (Å²) >= 11 is 2.22. The van der Waals surface area contributed by atoms with Crippen molar-refractivity contribution in [3.63, 3.8) is 0 Å². The summed E-state index contributed by atoms with van der Waals surface area (Å²) in [6.07, 6.45) is 5.71. The van der Waals surface area contributed by atoms with Gasteiger partial charge in [0.05, 0.1) is 6.33 Å². The number of carbonyl (C=O) groups is 1. The maximum atomic E-state index is 11.7. The van der Waals surface area contributed by atoms with Gasteiger partial charge < -0.3 is 9.88 Å². The molecule has 0 aliphatic rings. The molecular formula is C12H12IN3O. The Morgan fingerprint density at radius 3 is 3.06 bits per heavy atom. The van der Waals surface area contributed by atoms with Crippen LogP contribution in [0.25, 0.3) is 0 Å². The van der Waals surface area contributed by atoms with Crippen molar-refractivity contribution >= 4 is 34.2 Å². The summed E-state index contributed by atoms with van der Waals surface area (Å²) in [7, 11) is 0. The van der Waals surface area contributed by atoms with E-state index in [0.717, 1.165) is 9.26 Å². The standard InChI is InChI=1S/C12H12IN3O/c13-10-2-1-3-11(8-10)15-12(17)4-6-16-7-5-14-9-16/h1-3,5,7-9H,4,6H2,(H,15,17). The second-order valence-electron chi connectivity index (χ2n) is 3.61. The van der Waals surface area contributed by atoms with Crippen molar-refractivity contribution in [3.05, 3.63) is 46.6 Å². The smallest absolute Gasteiger partial charge is 0.226 e. The van der Waals surface area contributed by atoms with Gasteiger partial charge in [0, 0.05) is 34.6 Å². The average molecular weight is 341 g/mol. The highest BCUT2D eigenvalue weighted by Gasteiger charge is 2.02. The van der Waals surface area contributed by atoms with Crippen LogP contribution in [0, 0.1) is 3.57 Å². The number of amides is 1. The lowest BCUT2D eigenvalue weighted by molar-refractivity contribution is -0.116. The zero-order valence-corrected chi connectivity index (χ0v) is 11.3. The number of anilines is 1. The third-order valence-electron chi connectivity index (χ3n) is 2.26. The molecule has 0 atom stereocenters. The lowest BCUT2D eigenvalue weighted by atomic mass is 10.3. The van der Waals surface area contributed by atoms with Gasteiger partial charge in [0.25, 0.3) is 0 Å². The minimum Gasteiger partial charge on any atom is -0.337 e. The molecule has 0 bridgehead atoms. The van der Waals surface area contributed by atoms with E-state index in [2.05, 4.69) is 32.9 Å². The van der Waals surface area contributed by atoms with Crippen LogP contribution in [0.1, 0.15) is 6.42 Å². The number of benzene rings is 1. The number of hydrogen-bond acceptors (Lipinski definition) is 2. The van der Waals surface area contributed by atoms with Gasteiger partial charge in [-0.15, -0.1) is 0 Å². The van der Waals surface area contributed by atoms with E-state index < -0.39 is 0 Å². The molecule has 0 saturated carbocycles. The first-order chi connectivity index (χ1) is 8.24. The third-order valence-corrected chi connectivity index (χ3v) is 2.94. The molecule has 2 rings (SSSR count). The first kappa shape index (κ1) is 12.1. The van der Waals surface area contributed by atoms with Gasteiger partial charge in [0.15, 0.2) is 0 Å². The summed E-state index contributed by atoms with van der Waals surface area (Å²) in [5.41, 5.74) is 0.840. The number of imidazole rings is 1.